The van der Waals surface area contributed by atoms with Crippen LogP contribution in [0.1, 0.15) is 44.2 Å². The summed E-state index contributed by atoms with van der Waals surface area (Å²) in [6.45, 7) is 8.04. The van der Waals surface area contributed by atoms with E-state index < -0.39 is 11.5 Å². The molecule has 1 saturated carbocycles. The molecular weight excluding hydrogens is 266 g/mol. The van der Waals surface area contributed by atoms with Gasteiger partial charge in [-0.25, -0.2) is 0 Å². The number of carboxylic acid groups (broad SMARTS) is 1. The van der Waals surface area contributed by atoms with Crippen molar-refractivity contribution in [3.63, 3.8) is 0 Å². The van der Waals surface area contributed by atoms with Crippen molar-refractivity contribution in [2.24, 2.45) is 0 Å². The zero-order valence-electron chi connectivity index (χ0n) is 13.3. The van der Waals surface area contributed by atoms with Gasteiger partial charge in [-0.3, -0.25) is 10.1 Å². The number of carbonyl (C=O) groups is 1. The molecular formula is C17H25NO3. The molecule has 0 heterocycles. The SMILES string of the molecule is Cc1cccc(OC2CCC(NC(C)C)(C(=O)O)C2)c1C. The van der Waals surface area contributed by atoms with Gasteiger partial charge in [0.05, 0.1) is 0 Å². The van der Waals surface area contributed by atoms with E-state index in [-0.39, 0.29) is 12.1 Å². The highest BCUT2D eigenvalue weighted by molar-refractivity contribution is 5.79. The number of ether oxygens (including phenoxy) is 1. The van der Waals surface area contributed by atoms with Crippen LogP contribution in [0.4, 0.5) is 0 Å². The number of nitrogens with one attached hydrogen (secondary N) is 1. The highest BCUT2D eigenvalue weighted by Gasteiger charge is 2.46. The smallest absolute Gasteiger partial charge is 0.324 e. The first-order valence-corrected chi connectivity index (χ1v) is 7.58. The maximum absolute atomic E-state index is 11.7. The molecule has 0 bridgehead atoms. The third kappa shape index (κ3) is 3.38. The number of hydrogen-bond acceptors (Lipinski definition) is 3. The molecule has 0 spiro atoms. The Bertz CT molecular complexity index is 527. The van der Waals surface area contributed by atoms with E-state index in [1.54, 1.807) is 0 Å². The topological polar surface area (TPSA) is 58.6 Å². The van der Waals surface area contributed by atoms with Crippen molar-refractivity contribution < 1.29 is 14.6 Å². The number of carboxylic acids is 1. The number of rotatable bonds is 5. The quantitative estimate of drug-likeness (QED) is 0.875. The molecule has 4 nitrogen and oxygen atoms in total. The molecule has 1 fully saturated rings. The first-order valence-electron chi connectivity index (χ1n) is 7.58. The molecule has 0 amide bonds. The molecule has 2 atom stereocenters. The molecule has 1 aromatic rings. The van der Waals surface area contributed by atoms with Gasteiger partial charge in [0.2, 0.25) is 0 Å². The number of aliphatic carboxylic acids is 1. The van der Waals surface area contributed by atoms with Gasteiger partial charge in [-0.05, 0) is 57.7 Å². The van der Waals surface area contributed by atoms with Crippen molar-refractivity contribution in [2.45, 2.75) is 64.6 Å². The Morgan fingerprint density at radius 2 is 2.14 bits per heavy atom. The van der Waals surface area contributed by atoms with Gasteiger partial charge < -0.3 is 9.84 Å². The van der Waals surface area contributed by atoms with Crippen molar-refractivity contribution in [2.75, 3.05) is 0 Å². The van der Waals surface area contributed by atoms with Crippen LogP contribution in [0, 0.1) is 13.8 Å². The van der Waals surface area contributed by atoms with E-state index >= 15 is 0 Å². The summed E-state index contributed by atoms with van der Waals surface area (Å²) in [7, 11) is 0. The third-order valence-electron chi connectivity index (χ3n) is 4.29. The third-order valence-corrected chi connectivity index (χ3v) is 4.29. The lowest BCUT2D eigenvalue weighted by atomic mass is 9.96. The molecule has 0 radical (unpaired) electrons. The molecule has 2 unspecified atom stereocenters. The van der Waals surface area contributed by atoms with Gasteiger partial charge in [-0.15, -0.1) is 0 Å². The summed E-state index contributed by atoms with van der Waals surface area (Å²) in [5.41, 5.74) is 1.47. The van der Waals surface area contributed by atoms with E-state index in [9.17, 15) is 9.90 Å². The molecule has 4 heteroatoms. The summed E-state index contributed by atoms with van der Waals surface area (Å²) < 4.78 is 6.07. The lowest BCUT2D eigenvalue weighted by molar-refractivity contribution is -0.145. The lowest BCUT2D eigenvalue weighted by Crippen LogP contribution is -2.53. The molecule has 0 saturated heterocycles. The second kappa shape index (κ2) is 6.06. The molecule has 21 heavy (non-hydrogen) atoms. The van der Waals surface area contributed by atoms with Crippen molar-refractivity contribution in [3.05, 3.63) is 29.3 Å². The van der Waals surface area contributed by atoms with Gasteiger partial charge in [0.1, 0.15) is 17.4 Å². The second-order valence-electron chi connectivity index (χ2n) is 6.37. The van der Waals surface area contributed by atoms with Gasteiger partial charge in [0, 0.05) is 12.5 Å². The molecule has 1 aromatic carbocycles. The summed E-state index contributed by atoms with van der Waals surface area (Å²) in [5, 5.41) is 12.8. The van der Waals surface area contributed by atoms with E-state index in [0.717, 1.165) is 17.7 Å². The average Bonchev–Trinajstić information content (AvgIpc) is 2.79. The van der Waals surface area contributed by atoms with Crippen LogP contribution in [-0.2, 0) is 4.79 Å². The fraction of sp³-hybridized carbons (Fsp3) is 0.588. The van der Waals surface area contributed by atoms with E-state index in [0.29, 0.717) is 12.8 Å². The fourth-order valence-corrected chi connectivity index (χ4v) is 3.07. The number of benzene rings is 1. The average molecular weight is 291 g/mol. The zero-order valence-corrected chi connectivity index (χ0v) is 13.3. The Hall–Kier alpha value is -1.55. The van der Waals surface area contributed by atoms with Crippen LogP contribution in [0.3, 0.4) is 0 Å². The predicted octanol–water partition coefficient (Wildman–Crippen LogP) is 3.06. The molecule has 1 aliphatic carbocycles. The first kappa shape index (κ1) is 15.8. The Balaban J connectivity index is 2.11. The van der Waals surface area contributed by atoms with Crippen LogP contribution < -0.4 is 10.1 Å². The summed E-state index contributed by atoms with van der Waals surface area (Å²) >= 11 is 0. The van der Waals surface area contributed by atoms with Gasteiger partial charge in [0.15, 0.2) is 0 Å². The van der Waals surface area contributed by atoms with E-state index in [1.807, 2.05) is 32.9 Å². The lowest BCUT2D eigenvalue weighted by Gasteiger charge is -2.28. The highest BCUT2D eigenvalue weighted by Crippen LogP contribution is 2.34. The van der Waals surface area contributed by atoms with Crippen LogP contribution in [-0.4, -0.2) is 28.8 Å². The first-order chi connectivity index (χ1) is 9.84. The predicted molar refractivity (Wildman–Crippen MR) is 82.8 cm³/mol. The fourth-order valence-electron chi connectivity index (χ4n) is 3.07. The van der Waals surface area contributed by atoms with E-state index in [2.05, 4.69) is 18.3 Å². The largest absolute Gasteiger partial charge is 0.490 e. The normalized spacial score (nSPS) is 25.3. The van der Waals surface area contributed by atoms with Gasteiger partial charge in [-0.2, -0.15) is 0 Å². The van der Waals surface area contributed by atoms with Crippen molar-refractivity contribution in [3.8, 4) is 5.75 Å². The van der Waals surface area contributed by atoms with Crippen LogP contribution >= 0.6 is 0 Å². The maximum Gasteiger partial charge on any atom is 0.324 e. The minimum absolute atomic E-state index is 0.0483. The van der Waals surface area contributed by atoms with Gasteiger partial charge in [0.25, 0.3) is 0 Å². The van der Waals surface area contributed by atoms with Crippen LogP contribution in [0.15, 0.2) is 18.2 Å². The van der Waals surface area contributed by atoms with E-state index in [1.165, 1.54) is 5.56 Å². The van der Waals surface area contributed by atoms with Crippen LogP contribution in [0.2, 0.25) is 0 Å². The molecule has 1 aliphatic rings. The van der Waals surface area contributed by atoms with E-state index in [4.69, 9.17) is 4.74 Å². The molecule has 0 aliphatic heterocycles. The number of aryl methyl sites for hydroxylation is 1. The summed E-state index contributed by atoms with van der Waals surface area (Å²) in [6, 6.07) is 6.13. The van der Waals surface area contributed by atoms with Crippen LogP contribution in [0.5, 0.6) is 5.75 Å². The van der Waals surface area contributed by atoms with Crippen molar-refractivity contribution >= 4 is 5.97 Å². The Morgan fingerprint density at radius 3 is 2.76 bits per heavy atom. The summed E-state index contributed by atoms with van der Waals surface area (Å²) in [4.78, 5) is 11.7. The highest BCUT2D eigenvalue weighted by atomic mass is 16.5. The molecule has 2 rings (SSSR count). The van der Waals surface area contributed by atoms with Crippen LogP contribution in [0.25, 0.3) is 0 Å². The molecule has 0 aromatic heterocycles. The minimum Gasteiger partial charge on any atom is -0.490 e. The van der Waals surface area contributed by atoms with Crippen molar-refractivity contribution in [1.29, 1.82) is 0 Å². The summed E-state index contributed by atoms with van der Waals surface area (Å²) in [6.07, 6.45) is 1.83. The van der Waals surface area contributed by atoms with Gasteiger partial charge in [-0.1, -0.05) is 12.1 Å². The second-order valence-corrected chi connectivity index (χ2v) is 6.37. The monoisotopic (exact) mass is 291 g/mol. The minimum atomic E-state index is -0.851. The standard InChI is InChI=1S/C17H25NO3/c1-11(2)18-17(16(19)20)9-8-14(10-17)21-15-7-5-6-12(3)13(15)4/h5-7,11,14,18H,8-10H2,1-4H3,(H,19,20). The zero-order chi connectivity index (χ0) is 15.6. The molecule has 2 N–H and O–H groups in total. The number of hydrogen-bond donors (Lipinski definition) is 2. The Morgan fingerprint density at radius 1 is 1.43 bits per heavy atom. The van der Waals surface area contributed by atoms with Crippen molar-refractivity contribution in [1.82, 2.24) is 5.32 Å². The Kier molecular flexibility index (Phi) is 4.57. The summed E-state index contributed by atoms with van der Waals surface area (Å²) in [5.74, 6) is 0.0917. The molecule has 116 valence electrons. The van der Waals surface area contributed by atoms with Gasteiger partial charge >= 0.3 is 5.97 Å². The maximum atomic E-state index is 11.7. The Labute approximate surface area is 126 Å².